The Morgan fingerprint density at radius 2 is 1.90 bits per heavy atom. The van der Waals surface area contributed by atoms with E-state index in [1.54, 1.807) is 30.5 Å². The van der Waals surface area contributed by atoms with Gasteiger partial charge in [-0.15, -0.1) is 0 Å². The average Bonchev–Trinajstić information content (AvgIpc) is 2.53. The van der Waals surface area contributed by atoms with Crippen molar-refractivity contribution in [3.63, 3.8) is 0 Å². The molecule has 0 aliphatic rings. The fourth-order valence-corrected chi connectivity index (χ4v) is 2.31. The number of hydrogen-bond donors (Lipinski definition) is 1. The Morgan fingerprint density at radius 3 is 2.67 bits per heavy atom. The fraction of sp³-hybridized carbons (Fsp3) is 0. The smallest absolute Gasteiger partial charge is 0.335 e. The molecule has 0 spiro atoms. The lowest BCUT2D eigenvalue weighted by Gasteiger charge is -2.08. The minimum absolute atomic E-state index is 0.206. The maximum absolute atomic E-state index is 11.1. The highest BCUT2D eigenvalue weighted by Gasteiger charge is 2.11. The SMILES string of the molecule is [C-]#[N+]c1ccccc1-c1ccnc2ccc(C(=O)O)cc12. The van der Waals surface area contributed by atoms with Crippen molar-refractivity contribution in [1.82, 2.24) is 4.98 Å². The highest BCUT2D eigenvalue weighted by Crippen LogP contribution is 2.34. The number of carboxylic acids is 1. The number of hydrogen-bond acceptors (Lipinski definition) is 2. The highest BCUT2D eigenvalue weighted by atomic mass is 16.4. The summed E-state index contributed by atoms with van der Waals surface area (Å²) in [6.45, 7) is 7.27. The molecule has 4 heteroatoms. The number of benzene rings is 2. The van der Waals surface area contributed by atoms with Gasteiger partial charge in [-0.3, -0.25) is 4.98 Å². The second-order valence-corrected chi connectivity index (χ2v) is 4.52. The van der Waals surface area contributed by atoms with E-state index in [1.165, 1.54) is 6.07 Å². The molecule has 0 bridgehead atoms. The molecule has 0 amide bonds. The van der Waals surface area contributed by atoms with Gasteiger partial charge in [0.05, 0.1) is 17.7 Å². The van der Waals surface area contributed by atoms with E-state index >= 15 is 0 Å². The topological polar surface area (TPSA) is 54.5 Å². The summed E-state index contributed by atoms with van der Waals surface area (Å²) in [5, 5.41) is 9.87. The van der Waals surface area contributed by atoms with Crippen molar-refractivity contribution in [3.8, 4) is 11.1 Å². The molecule has 1 N–H and O–H groups in total. The summed E-state index contributed by atoms with van der Waals surface area (Å²) in [5.74, 6) is -0.981. The van der Waals surface area contributed by atoms with Crippen molar-refractivity contribution >= 4 is 22.6 Å². The van der Waals surface area contributed by atoms with Gasteiger partial charge < -0.3 is 5.11 Å². The van der Waals surface area contributed by atoms with Crippen LogP contribution < -0.4 is 0 Å². The first-order valence-corrected chi connectivity index (χ1v) is 6.29. The number of carbonyl (C=O) groups is 1. The first-order chi connectivity index (χ1) is 10.2. The van der Waals surface area contributed by atoms with Crippen molar-refractivity contribution in [2.75, 3.05) is 0 Å². The third kappa shape index (κ3) is 2.21. The predicted molar refractivity (Wildman–Crippen MR) is 80.4 cm³/mol. The van der Waals surface area contributed by atoms with Crippen LogP contribution in [0.25, 0.3) is 26.9 Å². The molecule has 4 nitrogen and oxygen atoms in total. The molecule has 0 aliphatic carbocycles. The molecule has 0 unspecified atom stereocenters. The minimum atomic E-state index is -0.981. The maximum Gasteiger partial charge on any atom is 0.335 e. The Balaban J connectivity index is 2.35. The molecule has 0 fully saturated rings. The molecular formula is C17H10N2O2. The van der Waals surface area contributed by atoms with Gasteiger partial charge in [0.15, 0.2) is 5.69 Å². The Hall–Kier alpha value is -3.19. The molecule has 2 aromatic carbocycles. The van der Waals surface area contributed by atoms with Crippen molar-refractivity contribution in [2.45, 2.75) is 0 Å². The molecule has 1 aromatic heterocycles. The van der Waals surface area contributed by atoms with Crippen LogP contribution in [0.5, 0.6) is 0 Å². The van der Waals surface area contributed by atoms with Gasteiger partial charge in [-0.25, -0.2) is 9.64 Å². The summed E-state index contributed by atoms with van der Waals surface area (Å²) in [6.07, 6.45) is 1.67. The van der Waals surface area contributed by atoms with Crippen LogP contribution in [0.15, 0.2) is 54.7 Å². The van der Waals surface area contributed by atoms with E-state index in [0.717, 1.165) is 16.5 Å². The van der Waals surface area contributed by atoms with Crippen molar-refractivity contribution in [2.24, 2.45) is 0 Å². The molecular weight excluding hydrogens is 264 g/mol. The summed E-state index contributed by atoms with van der Waals surface area (Å²) in [4.78, 5) is 18.9. The number of fused-ring (bicyclic) bond motifs is 1. The van der Waals surface area contributed by atoms with E-state index in [2.05, 4.69) is 9.83 Å². The lowest BCUT2D eigenvalue weighted by atomic mass is 9.98. The first-order valence-electron chi connectivity index (χ1n) is 6.29. The quantitative estimate of drug-likeness (QED) is 0.714. The monoisotopic (exact) mass is 274 g/mol. The molecule has 0 atom stereocenters. The van der Waals surface area contributed by atoms with Crippen LogP contribution in [0.4, 0.5) is 5.69 Å². The summed E-state index contributed by atoms with van der Waals surface area (Å²) < 4.78 is 0. The van der Waals surface area contributed by atoms with Crippen LogP contribution in [0.2, 0.25) is 0 Å². The Morgan fingerprint density at radius 1 is 1.10 bits per heavy atom. The van der Waals surface area contributed by atoms with E-state index in [-0.39, 0.29) is 5.56 Å². The molecule has 0 saturated heterocycles. The normalized spacial score (nSPS) is 10.2. The van der Waals surface area contributed by atoms with Gasteiger partial charge in [0.25, 0.3) is 0 Å². The number of carboxylic acid groups (broad SMARTS) is 1. The van der Waals surface area contributed by atoms with Crippen LogP contribution in [0.1, 0.15) is 10.4 Å². The predicted octanol–water partition coefficient (Wildman–Crippen LogP) is 4.15. The van der Waals surface area contributed by atoms with Crippen LogP contribution >= 0.6 is 0 Å². The Kier molecular flexibility index (Phi) is 3.09. The third-order valence-corrected chi connectivity index (χ3v) is 3.30. The van der Waals surface area contributed by atoms with Gasteiger partial charge in [0.1, 0.15) is 0 Å². The van der Waals surface area contributed by atoms with Crippen LogP contribution in [0.3, 0.4) is 0 Å². The number of nitrogens with zero attached hydrogens (tertiary/aromatic N) is 2. The van der Waals surface area contributed by atoms with Gasteiger partial charge in [-0.05, 0) is 35.4 Å². The lowest BCUT2D eigenvalue weighted by molar-refractivity contribution is 0.0697. The Bertz CT molecular complexity index is 895. The lowest BCUT2D eigenvalue weighted by Crippen LogP contribution is -1.96. The second kappa shape index (κ2) is 5.06. The molecule has 0 saturated carbocycles. The highest BCUT2D eigenvalue weighted by molar-refractivity contribution is 6.01. The third-order valence-electron chi connectivity index (χ3n) is 3.30. The first kappa shape index (κ1) is 12.8. The van der Waals surface area contributed by atoms with Crippen LogP contribution in [0, 0.1) is 6.57 Å². The van der Waals surface area contributed by atoms with Gasteiger partial charge in [-0.1, -0.05) is 24.3 Å². The van der Waals surface area contributed by atoms with Crippen molar-refractivity contribution in [1.29, 1.82) is 0 Å². The molecule has 3 aromatic rings. The van der Waals surface area contributed by atoms with Gasteiger partial charge in [-0.2, -0.15) is 0 Å². The molecule has 0 radical (unpaired) electrons. The zero-order valence-corrected chi connectivity index (χ0v) is 10.9. The summed E-state index contributed by atoms with van der Waals surface area (Å²) in [5.41, 5.74) is 3.04. The average molecular weight is 274 g/mol. The minimum Gasteiger partial charge on any atom is -0.478 e. The van der Waals surface area contributed by atoms with E-state index in [4.69, 9.17) is 11.7 Å². The van der Waals surface area contributed by atoms with E-state index < -0.39 is 5.97 Å². The van der Waals surface area contributed by atoms with E-state index in [9.17, 15) is 4.79 Å². The fourth-order valence-electron chi connectivity index (χ4n) is 2.31. The van der Waals surface area contributed by atoms with Crippen LogP contribution in [-0.4, -0.2) is 16.1 Å². The van der Waals surface area contributed by atoms with E-state index in [1.807, 2.05) is 18.2 Å². The van der Waals surface area contributed by atoms with Gasteiger partial charge >= 0.3 is 5.97 Å². The van der Waals surface area contributed by atoms with Crippen LogP contribution in [-0.2, 0) is 0 Å². The summed E-state index contributed by atoms with van der Waals surface area (Å²) in [6, 6.07) is 13.9. The summed E-state index contributed by atoms with van der Waals surface area (Å²) in [7, 11) is 0. The van der Waals surface area contributed by atoms with E-state index in [0.29, 0.717) is 11.2 Å². The zero-order chi connectivity index (χ0) is 14.8. The Labute approximate surface area is 121 Å². The van der Waals surface area contributed by atoms with Crippen molar-refractivity contribution in [3.05, 3.63) is 71.7 Å². The standard InChI is InChI=1S/C17H10N2O2/c1-18-15-5-3-2-4-13(15)12-8-9-19-16-7-6-11(17(20)21)10-14(12)16/h2-10H,(H,20,21). The largest absolute Gasteiger partial charge is 0.478 e. The summed E-state index contributed by atoms with van der Waals surface area (Å²) >= 11 is 0. The second-order valence-electron chi connectivity index (χ2n) is 4.52. The molecule has 100 valence electrons. The number of para-hydroxylation sites is 1. The maximum atomic E-state index is 11.1. The molecule has 3 rings (SSSR count). The number of aromatic nitrogens is 1. The molecule has 21 heavy (non-hydrogen) atoms. The number of aromatic carboxylic acids is 1. The van der Waals surface area contributed by atoms with Gasteiger partial charge in [0.2, 0.25) is 0 Å². The molecule has 0 aliphatic heterocycles. The van der Waals surface area contributed by atoms with Gasteiger partial charge in [0, 0.05) is 11.6 Å². The molecule has 1 heterocycles. The number of pyridine rings is 1. The zero-order valence-electron chi connectivity index (χ0n) is 10.9. The van der Waals surface area contributed by atoms with Crippen molar-refractivity contribution < 1.29 is 9.90 Å². The number of rotatable bonds is 2.